The average molecular weight is 355 g/mol. The second-order valence-electron chi connectivity index (χ2n) is 4.80. The lowest BCUT2D eigenvalue weighted by molar-refractivity contribution is -0.201. The quantitative estimate of drug-likeness (QED) is 0.232. The molecule has 0 spiro atoms. The summed E-state index contributed by atoms with van der Waals surface area (Å²) in [6.07, 6.45) is 3.53. The molecule has 0 aromatic rings. The van der Waals surface area contributed by atoms with Gasteiger partial charge < -0.3 is 5.32 Å². The summed E-state index contributed by atoms with van der Waals surface area (Å²) in [5.41, 5.74) is 0. The standard InChI is InChI=1S/C13H28NO6P.C2H6/c1-5-18-21(16,20-17-4)19-11-9-7-6-8-10-14-13(15)12(2)3;1-2/h12H,5-11H2,1-4H3,(H,14,15);1-2H3. The molecule has 0 heterocycles. The molecule has 0 aromatic carbocycles. The van der Waals surface area contributed by atoms with Crippen molar-refractivity contribution in [3.8, 4) is 0 Å². The number of phosphoric ester groups is 1. The van der Waals surface area contributed by atoms with E-state index < -0.39 is 7.82 Å². The third-order valence-electron chi connectivity index (χ3n) is 2.60. The largest absolute Gasteiger partial charge is 0.502 e. The molecule has 23 heavy (non-hydrogen) atoms. The number of rotatable bonds is 13. The third-order valence-corrected chi connectivity index (χ3v) is 4.00. The molecule has 0 aliphatic heterocycles. The lowest BCUT2D eigenvalue weighted by Gasteiger charge is -2.14. The first-order valence-corrected chi connectivity index (χ1v) is 9.80. The van der Waals surface area contributed by atoms with Crippen LogP contribution in [-0.2, 0) is 28.0 Å². The number of carbonyl (C=O) groups excluding carboxylic acids is 1. The highest BCUT2D eigenvalue weighted by atomic mass is 31.2. The van der Waals surface area contributed by atoms with Crippen LogP contribution in [0.3, 0.4) is 0 Å². The normalized spacial score (nSPS) is 13.2. The summed E-state index contributed by atoms with van der Waals surface area (Å²) in [6, 6.07) is 0. The molecule has 0 saturated carbocycles. The van der Waals surface area contributed by atoms with Crippen LogP contribution in [0, 0.1) is 5.92 Å². The fraction of sp³-hybridized carbons (Fsp3) is 0.933. The molecular formula is C15H34NO6P. The number of unbranched alkanes of at least 4 members (excludes halogenated alkanes) is 3. The van der Waals surface area contributed by atoms with Crippen molar-refractivity contribution in [1.29, 1.82) is 0 Å². The minimum Gasteiger partial charge on any atom is -0.356 e. The van der Waals surface area contributed by atoms with E-state index in [1.807, 2.05) is 27.7 Å². The van der Waals surface area contributed by atoms with E-state index in [0.717, 1.165) is 25.7 Å². The number of phosphoric acid groups is 1. The smallest absolute Gasteiger partial charge is 0.356 e. The molecule has 0 fully saturated rings. The number of nitrogens with one attached hydrogen (secondary N) is 1. The van der Waals surface area contributed by atoms with Crippen LogP contribution in [-0.4, -0.2) is 32.8 Å². The van der Waals surface area contributed by atoms with E-state index in [9.17, 15) is 9.36 Å². The molecule has 8 heteroatoms. The van der Waals surface area contributed by atoms with Gasteiger partial charge in [0, 0.05) is 12.5 Å². The summed E-state index contributed by atoms with van der Waals surface area (Å²) in [5.74, 6) is 0.0968. The van der Waals surface area contributed by atoms with Gasteiger partial charge in [0.2, 0.25) is 5.91 Å². The van der Waals surface area contributed by atoms with Gasteiger partial charge in [-0.25, -0.2) is 9.45 Å². The summed E-state index contributed by atoms with van der Waals surface area (Å²) < 4.78 is 26.4. The zero-order valence-electron chi connectivity index (χ0n) is 15.4. The predicted molar refractivity (Wildman–Crippen MR) is 90.9 cm³/mol. The SMILES string of the molecule is CC.CCOP(=O)(OCCCCCCNC(=O)C(C)C)OOC. The Bertz CT molecular complexity index is 315. The van der Waals surface area contributed by atoms with Crippen LogP contribution < -0.4 is 5.32 Å². The van der Waals surface area contributed by atoms with Gasteiger partial charge in [-0.3, -0.25) is 13.8 Å². The first-order chi connectivity index (χ1) is 10.9. The van der Waals surface area contributed by atoms with Gasteiger partial charge in [-0.1, -0.05) is 40.5 Å². The minimum atomic E-state index is -3.58. The zero-order chi connectivity index (χ0) is 18.1. The Morgan fingerprint density at radius 1 is 1.09 bits per heavy atom. The van der Waals surface area contributed by atoms with Gasteiger partial charge in [0.15, 0.2) is 0 Å². The lowest BCUT2D eigenvalue weighted by atomic mass is 10.2. The first-order valence-electron chi connectivity index (χ1n) is 8.34. The molecule has 0 rings (SSSR count). The van der Waals surface area contributed by atoms with E-state index in [0.29, 0.717) is 6.54 Å². The molecule has 0 bridgehead atoms. The van der Waals surface area contributed by atoms with Gasteiger partial charge in [0.25, 0.3) is 0 Å². The minimum absolute atomic E-state index is 0.0203. The number of hydrogen-bond donors (Lipinski definition) is 1. The van der Waals surface area contributed by atoms with Crippen molar-refractivity contribution in [2.45, 2.75) is 60.3 Å². The molecule has 140 valence electrons. The molecule has 0 aromatic heterocycles. The van der Waals surface area contributed by atoms with Gasteiger partial charge in [0.1, 0.15) is 0 Å². The summed E-state index contributed by atoms with van der Waals surface area (Å²) >= 11 is 0. The Kier molecular flexibility index (Phi) is 17.7. The molecule has 7 nitrogen and oxygen atoms in total. The van der Waals surface area contributed by atoms with Crippen molar-refractivity contribution >= 4 is 13.7 Å². The van der Waals surface area contributed by atoms with E-state index in [4.69, 9.17) is 9.05 Å². The van der Waals surface area contributed by atoms with Gasteiger partial charge >= 0.3 is 7.82 Å². The summed E-state index contributed by atoms with van der Waals surface area (Å²) in [7, 11) is -2.33. The predicted octanol–water partition coefficient (Wildman–Crippen LogP) is 4.08. The van der Waals surface area contributed by atoms with Crippen LogP contribution >= 0.6 is 7.82 Å². The summed E-state index contributed by atoms with van der Waals surface area (Å²) in [6.45, 7) is 10.6. The Labute approximate surface area is 140 Å². The average Bonchev–Trinajstić information content (AvgIpc) is 2.52. The third kappa shape index (κ3) is 14.8. The number of hydrogen-bond acceptors (Lipinski definition) is 6. The fourth-order valence-corrected chi connectivity index (χ4v) is 2.51. The van der Waals surface area contributed by atoms with Crippen molar-refractivity contribution in [2.24, 2.45) is 5.92 Å². The van der Waals surface area contributed by atoms with Crippen molar-refractivity contribution < 1.29 is 28.0 Å². The first kappa shape index (κ1) is 24.8. The van der Waals surface area contributed by atoms with Gasteiger partial charge in [-0.2, -0.15) is 0 Å². The second kappa shape index (κ2) is 16.4. The lowest BCUT2D eigenvalue weighted by Crippen LogP contribution is -2.28. The van der Waals surface area contributed by atoms with Crippen molar-refractivity contribution in [3.05, 3.63) is 0 Å². The maximum atomic E-state index is 11.8. The Balaban J connectivity index is 0. The van der Waals surface area contributed by atoms with E-state index in [1.165, 1.54) is 7.11 Å². The van der Waals surface area contributed by atoms with Crippen LogP contribution in [0.5, 0.6) is 0 Å². The van der Waals surface area contributed by atoms with Crippen LogP contribution in [0.1, 0.15) is 60.3 Å². The number of amides is 1. The van der Waals surface area contributed by atoms with Gasteiger partial charge in [-0.15, -0.1) is 4.67 Å². The van der Waals surface area contributed by atoms with Gasteiger partial charge in [0.05, 0.1) is 20.3 Å². The topological polar surface area (TPSA) is 83.1 Å². The monoisotopic (exact) mass is 355 g/mol. The highest BCUT2D eigenvalue weighted by Gasteiger charge is 2.26. The van der Waals surface area contributed by atoms with Crippen molar-refractivity contribution in [2.75, 3.05) is 26.9 Å². The van der Waals surface area contributed by atoms with E-state index in [1.54, 1.807) is 6.92 Å². The zero-order valence-corrected chi connectivity index (χ0v) is 16.3. The van der Waals surface area contributed by atoms with Crippen LogP contribution in [0.2, 0.25) is 0 Å². The Morgan fingerprint density at radius 2 is 1.70 bits per heavy atom. The van der Waals surface area contributed by atoms with Crippen LogP contribution in [0.25, 0.3) is 0 Å². The molecule has 1 N–H and O–H groups in total. The maximum absolute atomic E-state index is 11.8. The number of carbonyl (C=O) groups is 1. The van der Waals surface area contributed by atoms with Crippen molar-refractivity contribution in [1.82, 2.24) is 5.32 Å². The fourth-order valence-electron chi connectivity index (χ4n) is 1.50. The molecule has 0 aliphatic carbocycles. The van der Waals surface area contributed by atoms with E-state index in [2.05, 4.69) is 14.9 Å². The van der Waals surface area contributed by atoms with Crippen LogP contribution in [0.15, 0.2) is 0 Å². The molecule has 0 radical (unpaired) electrons. The van der Waals surface area contributed by atoms with Gasteiger partial charge in [-0.05, 0) is 19.8 Å². The Morgan fingerprint density at radius 3 is 2.22 bits per heavy atom. The maximum Gasteiger partial charge on any atom is 0.502 e. The van der Waals surface area contributed by atoms with E-state index in [-0.39, 0.29) is 25.0 Å². The molecule has 1 unspecified atom stereocenters. The molecule has 0 aliphatic rings. The molecule has 0 saturated heterocycles. The summed E-state index contributed by atoms with van der Waals surface area (Å²) in [5, 5.41) is 2.86. The van der Waals surface area contributed by atoms with Crippen LogP contribution in [0.4, 0.5) is 0 Å². The second-order valence-corrected chi connectivity index (χ2v) is 6.36. The highest BCUT2D eigenvalue weighted by molar-refractivity contribution is 7.48. The summed E-state index contributed by atoms with van der Waals surface area (Å²) in [4.78, 5) is 15.7. The Hall–Kier alpha value is -0.460. The van der Waals surface area contributed by atoms with Crippen molar-refractivity contribution in [3.63, 3.8) is 0 Å². The molecular weight excluding hydrogens is 321 g/mol. The molecule has 1 amide bonds. The molecule has 1 atom stereocenters. The highest BCUT2D eigenvalue weighted by Crippen LogP contribution is 2.49. The van der Waals surface area contributed by atoms with E-state index >= 15 is 0 Å².